The van der Waals surface area contributed by atoms with Crippen LogP contribution in [-0.4, -0.2) is 32.9 Å². The highest BCUT2D eigenvalue weighted by molar-refractivity contribution is 7.27. The van der Waals surface area contributed by atoms with Gasteiger partial charge in [0.15, 0.2) is 5.58 Å². The average Bonchev–Trinajstić information content (AvgIpc) is 3.36. The van der Waals surface area contributed by atoms with Gasteiger partial charge in [0.1, 0.15) is 11.2 Å². The first-order valence-electron chi connectivity index (χ1n) is 11.0. The number of amides is 2. The number of carbonyl (C=O) groups is 2. The number of rotatable bonds is 4. The van der Waals surface area contributed by atoms with Crippen LogP contribution < -0.4 is 10.6 Å². The number of furan rings is 1. The van der Waals surface area contributed by atoms with E-state index in [1.54, 1.807) is 17.2 Å². The molecule has 2 aliphatic rings. The van der Waals surface area contributed by atoms with E-state index in [4.69, 9.17) is 4.42 Å². The highest BCUT2D eigenvalue weighted by atomic mass is 31.0. The summed E-state index contributed by atoms with van der Waals surface area (Å²) in [5.41, 5.74) is 2.10. The molecule has 3 heterocycles. The summed E-state index contributed by atoms with van der Waals surface area (Å²) in [5, 5.41) is 4.35. The fourth-order valence-electron chi connectivity index (χ4n) is 4.91. The van der Waals surface area contributed by atoms with Gasteiger partial charge in [-0.15, -0.1) is 9.24 Å². The summed E-state index contributed by atoms with van der Waals surface area (Å²) in [6.07, 6.45) is 7.15. The van der Waals surface area contributed by atoms with Crippen molar-refractivity contribution < 1.29 is 14.0 Å². The summed E-state index contributed by atoms with van der Waals surface area (Å²) in [6.45, 7) is 2.67. The number of fused-ring (bicyclic) bond motifs is 3. The first kappa shape index (κ1) is 20.3. The molecule has 2 amide bonds. The third kappa shape index (κ3) is 3.57. The first-order chi connectivity index (χ1) is 15.0. The zero-order chi connectivity index (χ0) is 21.6. The largest absolute Gasteiger partial charge is 0.463 e. The quantitative estimate of drug-likeness (QED) is 0.635. The lowest BCUT2D eigenvalue weighted by Gasteiger charge is -2.44. The number of carbonyl (C=O) groups excluding carboxylic acids is 2. The summed E-state index contributed by atoms with van der Waals surface area (Å²) in [4.78, 5) is 29.0. The molecule has 1 N–H and O–H groups in total. The highest BCUT2D eigenvalue weighted by Gasteiger charge is 2.48. The smallest absolute Gasteiger partial charge is 0.271 e. The molecule has 1 aliphatic carbocycles. The third-order valence-corrected chi connectivity index (χ3v) is 7.18. The lowest BCUT2D eigenvalue weighted by molar-refractivity contribution is -0.134. The average molecular weight is 437 g/mol. The van der Waals surface area contributed by atoms with Gasteiger partial charge in [0, 0.05) is 24.7 Å². The van der Waals surface area contributed by atoms with E-state index in [0.29, 0.717) is 24.4 Å². The monoisotopic (exact) mass is 437 g/mol. The van der Waals surface area contributed by atoms with Crippen molar-refractivity contribution in [2.75, 3.05) is 0 Å². The van der Waals surface area contributed by atoms with Gasteiger partial charge < -0.3 is 19.2 Å². The summed E-state index contributed by atoms with van der Waals surface area (Å²) in [6, 6.07) is 11.9. The van der Waals surface area contributed by atoms with Crippen molar-refractivity contribution in [3.05, 3.63) is 53.9 Å². The molecular formula is C24H28N3O3P. The molecule has 1 aliphatic heterocycles. The molecule has 1 aromatic carbocycles. The van der Waals surface area contributed by atoms with Gasteiger partial charge in [-0.3, -0.25) is 9.59 Å². The van der Waals surface area contributed by atoms with Crippen LogP contribution in [0.2, 0.25) is 0 Å². The molecule has 5 rings (SSSR count). The van der Waals surface area contributed by atoms with Crippen molar-refractivity contribution in [1.82, 2.24) is 14.8 Å². The Hall–Kier alpha value is -2.59. The molecule has 31 heavy (non-hydrogen) atoms. The Morgan fingerprint density at radius 3 is 2.68 bits per heavy atom. The molecular weight excluding hydrogens is 409 g/mol. The van der Waals surface area contributed by atoms with Crippen molar-refractivity contribution in [3.63, 3.8) is 0 Å². The lowest BCUT2D eigenvalue weighted by atomic mass is 9.91. The van der Waals surface area contributed by atoms with Crippen LogP contribution in [0, 0.1) is 0 Å². The minimum absolute atomic E-state index is 0.0774. The molecule has 2 aromatic heterocycles. The van der Waals surface area contributed by atoms with Crippen molar-refractivity contribution in [2.45, 2.75) is 63.7 Å². The molecule has 3 aromatic rings. The van der Waals surface area contributed by atoms with Gasteiger partial charge in [-0.1, -0.05) is 43.5 Å². The molecule has 0 bridgehead atoms. The molecule has 2 atom stereocenters. The second-order valence-electron chi connectivity index (χ2n) is 9.00. The summed E-state index contributed by atoms with van der Waals surface area (Å²) in [5.74, 6) is -0.222. The van der Waals surface area contributed by atoms with Crippen LogP contribution in [0.4, 0.5) is 0 Å². The van der Waals surface area contributed by atoms with E-state index in [1.807, 2.05) is 41.8 Å². The van der Waals surface area contributed by atoms with E-state index in [1.165, 1.54) is 6.42 Å². The normalized spacial score (nSPS) is 22.0. The number of benzene rings is 1. The van der Waals surface area contributed by atoms with Gasteiger partial charge in [-0.05, 0) is 30.6 Å². The lowest BCUT2D eigenvalue weighted by Crippen LogP contribution is -2.64. The molecule has 0 spiro atoms. The molecule has 1 saturated carbocycles. The van der Waals surface area contributed by atoms with Gasteiger partial charge in [0.25, 0.3) is 5.91 Å². The number of hydrogen-bond acceptors (Lipinski definition) is 3. The Balaban J connectivity index is 1.52. The third-order valence-electron chi connectivity index (χ3n) is 6.80. The molecule has 7 heteroatoms. The molecule has 162 valence electrons. The Morgan fingerprint density at radius 2 is 1.94 bits per heavy atom. The van der Waals surface area contributed by atoms with Crippen molar-refractivity contribution in [1.29, 1.82) is 0 Å². The molecule has 0 saturated heterocycles. The number of hydrogen-bond donors (Lipinski definition) is 1. The zero-order valence-electron chi connectivity index (χ0n) is 17.8. The summed E-state index contributed by atoms with van der Waals surface area (Å²) in [7, 11) is 2.67. The zero-order valence-corrected chi connectivity index (χ0v) is 18.9. The highest BCUT2D eigenvalue weighted by Crippen LogP contribution is 2.34. The van der Waals surface area contributed by atoms with Crippen molar-refractivity contribution >= 4 is 37.5 Å². The molecule has 2 unspecified atom stereocenters. The fraction of sp³-hybridized carbons (Fsp3) is 0.417. The summed E-state index contributed by atoms with van der Waals surface area (Å²) >= 11 is 0. The maximum atomic E-state index is 13.6. The maximum absolute atomic E-state index is 13.6. The van der Waals surface area contributed by atoms with E-state index in [-0.39, 0.29) is 17.9 Å². The molecule has 0 radical (unpaired) electrons. The Bertz CT molecular complexity index is 1130. The van der Waals surface area contributed by atoms with Crippen molar-refractivity contribution in [3.8, 4) is 0 Å². The van der Waals surface area contributed by atoms with E-state index in [9.17, 15) is 9.59 Å². The predicted octanol–water partition coefficient (Wildman–Crippen LogP) is 3.60. The van der Waals surface area contributed by atoms with Crippen LogP contribution >= 0.6 is 9.24 Å². The van der Waals surface area contributed by atoms with Gasteiger partial charge in [-0.2, -0.15) is 0 Å². The van der Waals surface area contributed by atoms with Crippen LogP contribution in [-0.2, 0) is 17.9 Å². The Kier molecular flexibility index (Phi) is 5.13. The second-order valence-corrected chi connectivity index (χ2v) is 9.67. The minimum Gasteiger partial charge on any atom is -0.463 e. The van der Waals surface area contributed by atoms with Crippen LogP contribution in [0.25, 0.3) is 11.1 Å². The molecule has 1 fully saturated rings. The summed E-state index contributed by atoms with van der Waals surface area (Å²) < 4.78 is 7.48. The van der Waals surface area contributed by atoms with Crippen LogP contribution in [0.1, 0.15) is 55.1 Å². The van der Waals surface area contributed by atoms with E-state index < -0.39 is 5.54 Å². The SMILES string of the molecule is CC1(C(=O)NC2CCCCC2)Cn2c(cc3occc32)C(=O)N1Cc1ccc(P)cc1. The van der Waals surface area contributed by atoms with Crippen LogP contribution in [0.3, 0.4) is 0 Å². The van der Waals surface area contributed by atoms with Gasteiger partial charge >= 0.3 is 0 Å². The van der Waals surface area contributed by atoms with Crippen LogP contribution in [0.15, 0.2) is 47.1 Å². The van der Waals surface area contributed by atoms with Gasteiger partial charge in [-0.25, -0.2) is 0 Å². The second kappa shape index (κ2) is 7.83. The predicted molar refractivity (Wildman–Crippen MR) is 123 cm³/mol. The van der Waals surface area contributed by atoms with E-state index in [0.717, 1.165) is 42.1 Å². The number of nitrogens with zero attached hydrogens (tertiary/aromatic N) is 2. The first-order valence-corrected chi connectivity index (χ1v) is 11.6. The number of aromatic nitrogens is 1. The topological polar surface area (TPSA) is 67.5 Å². The van der Waals surface area contributed by atoms with Crippen LogP contribution in [0.5, 0.6) is 0 Å². The number of nitrogens with one attached hydrogen (secondary N) is 1. The Morgan fingerprint density at radius 1 is 1.19 bits per heavy atom. The maximum Gasteiger partial charge on any atom is 0.271 e. The van der Waals surface area contributed by atoms with Gasteiger partial charge in [0.2, 0.25) is 5.91 Å². The van der Waals surface area contributed by atoms with E-state index >= 15 is 0 Å². The Labute approximate surface area is 184 Å². The van der Waals surface area contributed by atoms with E-state index in [2.05, 4.69) is 14.6 Å². The minimum atomic E-state index is -0.996. The van der Waals surface area contributed by atoms with Gasteiger partial charge in [0.05, 0.1) is 18.3 Å². The van der Waals surface area contributed by atoms with Crippen molar-refractivity contribution in [2.24, 2.45) is 0 Å². The molecule has 6 nitrogen and oxygen atoms in total. The fourth-order valence-corrected chi connectivity index (χ4v) is 5.11. The standard InChI is InChI=1S/C24H28N3O3P/c1-24(23(29)25-17-5-3-2-4-6-17)15-26-19-11-12-30-21(19)13-20(26)22(28)27(24)14-16-7-9-18(31)10-8-16/h7-13,17H,2-6,14-15,31H2,1H3,(H,25,29).